The highest BCUT2D eigenvalue weighted by atomic mass is 16.4. The minimum atomic E-state index is 0.876. The Bertz CT molecular complexity index is 251. The van der Waals surface area contributed by atoms with Crippen LogP contribution in [0.1, 0.15) is 0 Å². The monoisotopic (exact) mass is 120 g/mol. The smallest absolute Gasteiger partial charge is 0.131 e. The highest BCUT2D eigenvalue weighted by molar-refractivity contribution is 5.57. The van der Waals surface area contributed by atoms with Gasteiger partial charge in [0, 0.05) is 11.8 Å². The Kier molecular flexibility index (Phi) is 0.773. The van der Waals surface area contributed by atoms with Crippen LogP contribution in [0.5, 0.6) is 0 Å². The highest BCUT2D eigenvalue weighted by Crippen LogP contribution is 2.15. The Labute approximate surface area is 51.7 Å². The van der Waals surface area contributed by atoms with Crippen molar-refractivity contribution < 1.29 is 4.52 Å². The molecule has 2 heterocycles. The predicted octanol–water partition coefficient (Wildman–Crippen LogP) is 1.17. The molecule has 0 spiro atoms. The van der Waals surface area contributed by atoms with Gasteiger partial charge < -0.3 is 4.52 Å². The summed E-state index contributed by atoms with van der Waals surface area (Å²) < 4.78 is 4.66. The van der Waals surface area contributed by atoms with Crippen molar-refractivity contribution >= 4 is 0 Å². The number of rotatable bonds is 0. The zero-order valence-electron chi connectivity index (χ0n) is 4.61. The minimum Gasteiger partial charge on any atom is -0.364 e. The molecule has 0 aliphatic carbocycles. The lowest BCUT2D eigenvalue weighted by Crippen LogP contribution is -1.75. The maximum absolute atomic E-state index is 4.66. The average Bonchev–Trinajstić information content (AvgIpc) is 2.33. The van der Waals surface area contributed by atoms with Gasteiger partial charge in [0.05, 0.1) is 11.9 Å². The van der Waals surface area contributed by atoms with E-state index in [0.29, 0.717) is 0 Å². The van der Waals surface area contributed by atoms with E-state index in [0.717, 1.165) is 11.3 Å². The molecule has 0 radical (unpaired) electrons. The van der Waals surface area contributed by atoms with Crippen molar-refractivity contribution in [3.05, 3.63) is 24.7 Å². The molecule has 2 aliphatic heterocycles. The topological polar surface area (TPSA) is 38.9 Å². The van der Waals surface area contributed by atoms with E-state index in [1.54, 1.807) is 18.7 Å². The van der Waals surface area contributed by atoms with Crippen molar-refractivity contribution in [1.82, 2.24) is 10.1 Å². The number of aromatic nitrogens is 2. The molecule has 0 N–H and O–H groups in total. The van der Waals surface area contributed by atoms with E-state index in [9.17, 15) is 0 Å². The summed E-state index contributed by atoms with van der Waals surface area (Å²) in [5.41, 5.74) is 1.87. The Hall–Kier alpha value is -1.38. The second-order valence-corrected chi connectivity index (χ2v) is 1.74. The molecule has 44 valence electrons. The summed E-state index contributed by atoms with van der Waals surface area (Å²) in [6.07, 6.45) is 4.89. The molecule has 2 aliphatic rings. The second kappa shape index (κ2) is 1.55. The first-order valence-electron chi connectivity index (χ1n) is 2.61. The molecule has 0 unspecified atom stereocenters. The molecular weight excluding hydrogens is 116 g/mol. The largest absolute Gasteiger partial charge is 0.364 e. The third kappa shape index (κ3) is 0.579. The first-order valence-corrected chi connectivity index (χ1v) is 2.61. The highest BCUT2D eigenvalue weighted by Gasteiger charge is 2.00. The van der Waals surface area contributed by atoms with Crippen LogP contribution in [0.25, 0.3) is 11.3 Å². The van der Waals surface area contributed by atoms with Gasteiger partial charge in [-0.25, -0.2) is 0 Å². The fraction of sp³-hybridized carbons (Fsp3) is 0. The van der Waals surface area contributed by atoms with Crippen molar-refractivity contribution in [2.45, 2.75) is 0 Å². The van der Waals surface area contributed by atoms with Crippen LogP contribution in [-0.2, 0) is 0 Å². The van der Waals surface area contributed by atoms with E-state index in [1.807, 2.05) is 6.07 Å². The molecule has 0 aromatic heterocycles. The Morgan fingerprint density at radius 2 is 2.44 bits per heavy atom. The van der Waals surface area contributed by atoms with Gasteiger partial charge in [-0.1, -0.05) is 5.16 Å². The van der Waals surface area contributed by atoms with Crippen molar-refractivity contribution in [2.24, 2.45) is 0 Å². The van der Waals surface area contributed by atoms with E-state index in [-0.39, 0.29) is 0 Å². The summed E-state index contributed by atoms with van der Waals surface area (Å²) in [6.45, 7) is 0. The molecule has 0 aromatic rings. The lowest BCUT2D eigenvalue weighted by Gasteiger charge is -1.88. The predicted molar refractivity (Wildman–Crippen MR) is 30.9 cm³/mol. The van der Waals surface area contributed by atoms with Crippen molar-refractivity contribution in [3.8, 4) is 11.3 Å². The number of fused-ring (bicyclic) bond motifs is 1. The van der Waals surface area contributed by atoms with Gasteiger partial charge in [-0.2, -0.15) is 0 Å². The molecule has 3 heteroatoms. The summed E-state index contributed by atoms with van der Waals surface area (Å²) in [4.78, 5) is 4.00. The van der Waals surface area contributed by atoms with Crippen LogP contribution in [-0.4, -0.2) is 10.1 Å². The fourth-order valence-electron chi connectivity index (χ4n) is 0.733. The maximum Gasteiger partial charge on any atom is 0.131 e. The number of hydrogen-bond donors (Lipinski definition) is 0. The number of hydrogen-bond acceptors (Lipinski definition) is 3. The van der Waals surface area contributed by atoms with Crippen LogP contribution >= 0.6 is 0 Å². The molecular formula is C6H4N2O. The Morgan fingerprint density at radius 3 is 3.33 bits per heavy atom. The van der Waals surface area contributed by atoms with Crippen LogP contribution < -0.4 is 0 Å². The van der Waals surface area contributed by atoms with E-state index in [2.05, 4.69) is 14.7 Å². The molecule has 0 saturated carbocycles. The molecule has 0 bridgehead atoms. The maximum atomic E-state index is 4.66. The lowest BCUT2D eigenvalue weighted by atomic mass is 10.3. The molecule has 3 nitrogen and oxygen atoms in total. The summed E-state index contributed by atoms with van der Waals surface area (Å²) in [7, 11) is 0. The zero-order valence-corrected chi connectivity index (χ0v) is 4.61. The van der Waals surface area contributed by atoms with Gasteiger partial charge >= 0.3 is 0 Å². The lowest BCUT2D eigenvalue weighted by molar-refractivity contribution is 0.400. The van der Waals surface area contributed by atoms with Crippen LogP contribution in [0.4, 0.5) is 0 Å². The van der Waals surface area contributed by atoms with Crippen molar-refractivity contribution in [1.29, 1.82) is 0 Å². The molecule has 0 atom stereocenters. The summed E-state index contributed by atoms with van der Waals surface area (Å²) in [5.74, 6) is 0. The summed E-state index contributed by atoms with van der Waals surface area (Å²) in [5, 5.41) is 3.55. The molecule has 2 rings (SSSR count). The Balaban J connectivity index is 2.79. The van der Waals surface area contributed by atoms with Gasteiger partial charge in [-0.3, -0.25) is 4.98 Å². The Morgan fingerprint density at radius 1 is 1.44 bits per heavy atom. The van der Waals surface area contributed by atoms with E-state index in [1.165, 1.54) is 0 Å². The average molecular weight is 120 g/mol. The van der Waals surface area contributed by atoms with Gasteiger partial charge in [0.2, 0.25) is 0 Å². The minimum absolute atomic E-state index is 0.876. The molecule has 0 amide bonds. The first-order chi connectivity index (χ1) is 4.47. The SMILES string of the molecule is c1cc2concc-2n1. The zero-order chi connectivity index (χ0) is 6.10. The molecule has 0 saturated heterocycles. The second-order valence-electron chi connectivity index (χ2n) is 1.74. The third-order valence-electron chi connectivity index (χ3n) is 1.18. The summed E-state index contributed by atoms with van der Waals surface area (Å²) >= 11 is 0. The van der Waals surface area contributed by atoms with Gasteiger partial charge in [0.15, 0.2) is 0 Å². The van der Waals surface area contributed by atoms with Crippen molar-refractivity contribution in [2.75, 3.05) is 0 Å². The van der Waals surface area contributed by atoms with Crippen LogP contribution in [0.2, 0.25) is 0 Å². The standard InChI is InChI=1S/C6H4N2O/c1-2-7-6-3-8-9-4-5(1)6/h1-4H. The van der Waals surface area contributed by atoms with Crippen molar-refractivity contribution in [3.63, 3.8) is 0 Å². The normalized spacial score (nSPS) is 10.2. The molecule has 0 fully saturated rings. The van der Waals surface area contributed by atoms with Gasteiger partial charge in [-0.05, 0) is 6.07 Å². The van der Waals surface area contributed by atoms with Gasteiger partial charge in [-0.15, -0.1) is 0 Å². The van der Waals surface area contributed by atoms with E-state index in [4.69, 9.17) is 0 Å². The van der Waals surface area contributed by atoms with Gasteiger partial charge in [0.1, 0.15) is 6.26 Å². The quantitative estimate of drug-likeness (QED) is 0.524. The summed E-state index contributed by atoms with van der Waals surface area (Å²) in [6, 6.07) is 1.88. The fourth-order valence-corrected chi connectivity index (χ4v) is 0.733. The van der Waals surface area contributed by atoms with E-state index < -0.39 is 0 Å². The molecule has 9 heavy (non-hydrogen) atoms. The molecule has 0 aromatic carbocycles. The van der Waals surface area contributed by atoms with Gasteiger partial charge in [0.25, 0.3) is 0 Å². The van der Waals surface area contributed by atoms with Crippen LogP contribution in [0.15, 0.2) is 29.2 Å². The first kappa shape index (κ1) is 4.49. The van der Waals surface area contributed by atoms with Crippen LogP contribution in [0.3, 0.4) is 0 Å². The van der Waals surface area contributed by atoms with Crippen LogP contribution in [0, 0.1) is 0 Å². The van der Waals surface area contributed by atoms with E-state index >= 15 is 0 Å². The third-order valence-corrected chi connectivity index (χ3v) is 1.18. The number of nitrogens with zero attached hydrogens (tertiary/aromatic N) is 2.